The highest BCUT2D eigenvalue weighted by Crippen LogP contribution is 2.81. The van der Waals surface area contributed by atoms with E-state index in [1.54, 1.807) is 18.4 Å². The van der Waals surface area contributed by atoms with Crippen molar-refractivity contribution in [2.75, 3.05) is 57.3 Å². The van der Waals surface area contributed by atoms with Crippen LogP contribution in [0.3, 0.4) is 0 Å². The van der Waals surface area contributed by atoms with E-state index in [2.05, 4.69) is 23.6 Å². The van der Waals surface area contributed by atoms with E-state index in [0.717, 1.165) is 73.9 Å². The zero-order valence-electron chi connectivity index (χ0n) is 36.4. The van der Waals surface area contributed by atoms with Gasteiger partial charge in [-0.1, -0.05) is 43.8 Å². The van der Waals surface area contributed by atoms with Crippen LogP contribution < -0.4 is 4.90 Å². The number of hydrogen-bond acceptors (Lipinski definition) is 10. The summed E-state index contributed by atoms with van der Waals surface area (Å²) in [6, 6.07) is 14.0. The van der Waals surface area contributed by atoms with E-state index in [0.29, 0.717) is 24.4 Å². The minimum atomic E-state index is -4.35. The van der Waals surface area contributed by atoms with Crippen LogP contribution in [0.5, 0.6) is 0 Å². The molecule has 7 unspecified atom stereocenters. The van der Waals surface area contributed by atoms with Gasteiger partial charge in [0.15, 0.2) is 11.5 Å². The first kappa shape index (κ1) is 47.7. The van der Waals surface area contributed by atoms with Crippen molar-refractivity contribution < 1.29 is 42.1 Å². The van der Waals surface area contributed by atoms with Crippen LogP contribution in [0.25, 0.3) is 0 Å². The molecule has 3 aromatic rings. The number of ether oxygens (including phenoxy) is 1. The predicted octanol–water partition coefficient (Wildman–Crippen LogP) is 10.0. The van der Waals surface area contributed by atoms with Gasteiger partial charge in [-0.15, -0.1) is 24.8 Å². The minimum absolute atomic E-state index is 0. The fourth-order valence-corrected chi connectivity index (χ4v) is 13.9. The number of Topliss-reactive ketones (excluding diaryl/α,β-unsaturated/α-hetero) is 1. The van der Waals surface area contributed by atoms with Crippen LogP contribution in [0, 0.1) is 27.6 Å². The number of alkyl halides is 3. The molecule has 0 bridgehead atoms. The molecule has 2 saturated carbocycles. The van der Waals surface area contributed by atoms with E-state index in [4.69, 9.17) is 14.3 Å². The Morgan fingerprint density at radius 3 is 2.24 bits per heavy atom. The Kier molecular flexibility index (Phi) is 12.7. The Hall–Kier alpha value is -3.30. The molecule has 2 saturated heterocycles. The zero-order valence-corrected chi connectivity index (χ0v) is 38.8. The van der Waals surface area contributed by atoms with Crippen molar-refractivity contribution in [3.05, 3.63) is 95.7 Å². The summed E-state index contributed by atoms with van der Waals surface area (Å²) < 4.78 is 51.8. The number of rotatable bonds is 7. The number of furan rings is 1. The number of β-amino-alcohol motifs (C(OH)–C–C–N with tert-alkyl or cyclic N) is 1. The second kappa shape index (κ2) is 16.8. The van der Waals surface area contributed by atoms with E-state index in [1.165, 1.54) is 29.5 Å². The van der Waals surface area contributed by atoms with Gasteiger partial charge < -0.3 is 29.2 Å². The second-order valence-electron chi connectivity index (χ2n) is 19.2. The molecule has 3 aliphatic heterocycles. The Balaban J connectivity index is 0.000000183. The second-order valence-corrected chi connectivity index (χ2v) is 20.3. The topological polar surface area (TPSA) is 110 Å². The number of carbonyl (C=O) groups is 2. The Labute approximate surface area is 384 Å². The molecule has 9 nitrogen and oxygen atoms in total. The summed E-state index contributed by atoms with van der Waals surface area (Å²) in [5.41, 5.74) is -0.391. The number of para-hydroxylation sites is 1. The van der Waals surface area contributed by atoms with Crippen molar-refractivity contribution in [3.8, 4) is 0 Å². The number of piperazine rings is 1. The molecule has 2 N–H and O–H groups in total. The number of ketones is 2. The first-order valence-corrected chi connectivity index (χ1v) is 22.5. The van der Waals surface area contributed by atoms with Gasteiger partial charge >= 0.3 is 6.18 Å². The van der Waals surface area contributed by atoms with Gasteiger partial charge in [-0.05, 0) is 118 Å². The molecule has 4 aliphatic carbocycles. The average molecular weight is 933 g/mol. The SMILES string of the molecule is CC1(C)C(=O)C=CC2(C)C1=C(O)C(=O)C1(C)C2CCC2(C)C(c3ccoc3)CC3OC321.Cl.Cl.OCCN1CCN(CCCN2c3ccccc3Sc3ccc(C(F)(F)F)cc32)CC1. The van der Waals surface area contributed by atoms with Gasteiger partial charge in [-0.2, -0.15) is 13.2 Å². The summed E-state index contributed by atoms with van der Waals surface area (Å²) in [5, 5.41) is 20.4. The number of fused-ring (bicyclic) bond motifs is 5. The lowest BCUT2D eigenvalue weighted by atomic mass is 9.39. The van der Waals surface area contributed by atoms with Crippen LogP contribution in [0.1, 0.15) is 77.3 Å². The van der Waals surface area contributed by atoms with E-state index >= 15 is 0 Å². The van der Waals surface area contributed by atoms with Crippen LogP contribution >= 0.6 is 36.6 Å². The third-order valence-electron chi connectivity index (χ3n) is 15.9. The van der Waals surface area contributed by atoms with Crippen molar-refractivity contribution >= 4 is 59.5 Å². The molecule has 0 amide bonds. The lowest BCUT2D eigenvalue weighted by Gasteiger charge is -2.62. The summed E-state index contributed by atoms with van der Waals surface area (Å²) in [7, 11) is 0. The fraction of sp³-hybridized carbons (Fsp3) is 0.542. The smallest absolute Gasteiger partial charge is 0.416 e. The molecule has 7 aliphatic rings. The molecular formula is C48H58Cl2F3N3O6S. The van der Waals surface area contributed by atoms with Gasteiger partial charge in [-0.3, -0.25) is 14.5 Å². The third-order valence-corrected chi connectivity index (χ3v) is 17.0. The highest BCUT2D eigenvalue weighted by Gasteiger charge is 2.87. The Morgan fingerprint density at radius 2 is 1.57 bits per heavy atom. The first-order chi connectivity index (χ1) is 28.9. The lowest BCUT2D eigenvalue weighted by molar-refractivity contribution is -0.162. The predicted molar refractivity (Wildman–Crippen MR) is 241 cm³/mol. The molecule has 63 heavy (non-hydrogen) atoms. The number of aliphatic hydroxyl groups excluding tert-OH is 2. The minimum Gasteiger partial charge on any atom is -0.504 e. The van der Waals surface area contributed by atoms with Gasteiger partial charge in [0.25, 0.3) is 0 Å². The van der Waals surface area contributed by atoms with Gasteiger partial charge in [-0.25, -0.2) is 0 Å². The van der Waals surface area contributed by atoms with Crippen molar-refractivity contribution in [1.29, 1.82) is 0 Å². The molecule has 342 valence electrons. The largest absolute Gasteiger partial charge is 0.504 e. The van der Waals surface area contributed by atoms with Crippen molar-refractivity contribution in [2.24, 2.45) is 27.6 Å². The van der Waals surface area contributed by atoms with Crippen LogP contribution in [0.4, 0.5) is 24.5 Å². The van der Waals surface area contributed by atoms with E-state index in [-0.39, 0.29) is 72.1 Å². The van der Waals surface area contributed by atoms with Crippen molar-refractivity contribution in [3.63, 3.8) is 0 Å². The summed E-state index contributed by atoms with van der Waals surface area (Å²) in [5.74, 6) is -0.312. The quantitative estimate of drug-likeness (QED) is 0.222. The van der Waals surface area contributed by atoms with E-state index in [9.17, 15) is 27.9 Å². The monoisotopic (exact) mass is 931 g/mol. The molecule has 1 aromatic heterocycles. The van der Waals surface area contributed by atoms with Crippen LogP contribution in [-0.4, -0.2) is 95.7 Å². The molecule has 7 atom stereocenters. The van der Waals surface area contributed by atoms with Gasteiger partial charge in [0.2, 0.25) is 5.78 Å². The number of hydrogen-bond donors (Lipinski definition) is 2. The molecule has 1 spiro atoms. The zero-order chi connectivity index (χ0) is 43.3. The third kappa shape index (κ3) is 7.22. The summed E-state index contributed by atoms with van der Waals surface area (Å²) in [6.45, 7) is 16.3. The van der Waals surface area contributed by atoms with E-state index < -0.39 is 33.6 Å². The number of allylic oxidation sites excluding steroid dienone is 4. The number of carbonyl (C=O) groups excluding carboxylic acids is 2. The summed E-state index contributed by atoms with van der Waals surface area (Å²) in [6.07, 6.45) is 6.28. The molecular weight excluding hydrogens is 875 g/mol. The lowest BCUT2D eigenvalue weighted by Crippen LogP contribution is -2.66. The molecule has 4 heterocycles. The maximum absolute atomic E-state index is 14.0. The Morgan fingerprint density at radius 1 is 0.889 bits per heavy atom. The standard InChI is InChI=1S/C26H30O5.C22H26F3N3OS.2ClH/c1-22(2)17(27)7-9-23(3)16-6-10-24(4)15(14-8-11-30-13-14)12-18-26(24,31-18)25(16,5)21(29)19(28)20(22)23;23-22(24,25)17-6-7-21-19(16-17)28(18-4-1-2-5-20(18)30-21)9-3-8-26-10-12-27(13-11-26)14-15-29;;/h7-9,11,13,15-16,18,28H,6,10,12H2,1-5H3;1-2,4-7,16,29H,3,8-15H2;2*1H. The number of aliphatic hydroxyl groups is 2. The van der Waals surface area contributed by atoms with Crippen LogP contribution in [0.2, 0.25) is 0 Å². The number of nitrogens with zero attached hydrogens (tertiary/aromatic N) is 3. The normalized spacial score (nSPS) is 32.7. The molecule has 0 radical (unpaired) electrons. The van der Waals surface area contributed by atoms with Gasteiger partial charge in [0.05, 0.1) is 53.0 Å². The first-order valence-electron chi connectivity index (χ1n) is 21.7. The number of halogens is 5. The van der Waals surface area contributed by atoms with Gasteiger partial charge in [0.1, 0.15) is 5.60 Å². The van der Waals surface area contributed by atoms with E-state index in [1.807, 2.05) is 68.3 Å². The Bertz CT molecular complexity index is 2300. The van der Waals surface area contributed by atoms with Crippen LogP contribution in [0.15, 0.2) is 98.7 Å². The molecule has 10 rings (SSSR count). The van der Waals surface area contributed by atoms with Crippen molar-refractivity contribution in [2.45, 2.75) is 93.9 Å². The summed E-state index contributed by atoms with van der Waals surface area (Å²) >= 11 is 1.53. The number of anilines is 2. The highest BCUT2D eigenvalue weighted by atomic mass is 35.5. The number of benzene rings is 2. The average Bonchev–Trinajstić information content (AvgIpc) is 3.58. The maximum atomic E-state index is 14.0. The highest BCUT2D eigenvalue weighted by molar-refractivity contribution is 7.99. The fourth-order valence-electron chi connectivity index (χ4n) is 12.9. The molecule has 2 aromatic carbocycles. The van der Waals surface area contributed by atoms with Crippen molar-refractivity contribution in [1.82, 2.24) is 9.80 Å². The number of epoxide rings is 1. The van der Waals surface area contributed by atoms with Crippen LogP contribution in [-0.2, 0) is 20.5 Å². The maximum Gasteiger partial charge on any atom is 0.416 e. The van der Waals surface area contributed by atoms with Gasteiger partial charge in [0, 0.05) is 59.9 Å². The molecule has 15 heteroatoms. The summed E-state index contributed by atoms with van der Waals surface area (Å²) in [4.78, 5) is 35.4. The molecule has 4 fully saturated rings.